The first-order valence-electron chi connectivity index (χ1n) is 8.86. The molecule has 0 saturated carbocycles. The third-order valence-electron chi connectivity index (χ3n) is 4.88. The molecule has 1 amide bonds. The Morgan fingerprint density at radius 2 is 1.85 bits per heavy atom. The van der Waals surface area contributed by atoms with Crippen LogP contribution in [0, 0.1) is 11.3 Å². The van der Waals surface area contributed by atoms with Gasteiger partial charge in [0.05, 0.1) is 7.11 Å². The molecule has 0 saturated heterocycles. The van der Waals surface area contributed by atoms with E-state index in [0.29, 0.717) is 29.7 Å². The van der Waals surface area contributed by atoms with Gasteiger partial charge in [0.25, 0.3) is 5.91 Å². The summed E-state index contributed by atoms with van der Waals surface area (Å²) < 4.78 is 10.8. The number of carbonyl (C=O) groups is 3. The van der Waals surface area contributed by atoms with Crippen LogP contribution in [0.4, 0.5) is 0 Å². The van der Waals surface area contributed by atoms with Crippen molar-refractivity contribution >= 4 is 17.7 Å². The summed E-state index contributed by atoms with van der Waals surface area (Å²) in [5.41, 5.74) is 0.832. The van der Waals surface area contributed by atoms with Crippen LogP contribution < -0.4 is 5.32 Å². The van der Waals surface area contributed by atoms with Gasteiger partial charge in [-0.3, -0.25) is 14.9 Å². The lowest BCUT2D eigenvalue weighted by Crippen LogP contribution is -2.38. The highest BCUT2D eigenvalue weighted by Gasteiger charge is 2.43. The van der Waals surface area contributed by atoms with Crippen LogP contribution in [0.1, 0.15) is 44.0 Å². The summed E-state index contributed by atoms with van der Waals surface area (Å²) in [4.78, 5) is 37.6. The molecular weight excluding hydrogens is 346 g/mol. The van der Waals surface area contributed by atoms with Crippen LogP contribution >= 0.6 is 0 Å². The minimum Gasteiger partial charge on any atom is -0.465 e. The number of benzene rings is 1. The van der Waals surface area contributed by atoms with Crippen LogP contribution in [0.3, 0.4) is 0 Å². The summed E-state index contributed by atoms with van der Waals surface area (Å²) in [7, 11) is 1.26. The molecule has 3 rings (SSSR count). The molecule has 6 heteroatoms. The zero-order valence-corrected chi connectivity index (χ0v) is 15.9. The van der Waals surface area contributed by atoms with Crippen LogP contribution in [-0.4, -0.2) is 24.8 Å². The maximum Gasteiger partial charge on any atom is 0.339 e. The number of carbonyl (C=O) groups excluding carboxylic acids is 3. The van der Waals surface area contributed by atoms with E-state index in [1.165, 1.54) is 7.11 Å². The molecule has 6 nitrogen and oxygen atoms in total. The SMILES string of the molecule is COC(=O)C1=C(NC(=O)c2ccccc2)OC2=C(C(=O)CC(C)(C)C2)[C@@H]1C. The maximum atomic E-state index is 12.7. The predicted octanol–water partition coefficient (Wildman–Crippen LogP) is 3.11. The lowest BCUT2D eigenvalue weighted by Gasteiger charge is -2.37. The van der Waals surface area contributed by atoms with E-state index in [1.807, 2.05) is 19.9 Å². The van der Waals surface area contributed by atoms with Crippen molar-refractivity contribution in [2.75, 3.05) is 7.11 Å². The van der Waals surface area contributed by atoms with Gasteiger partial charge in [0.2, 0.25) is 5.88 Å². The second-order valence-electron chi connectivity index (χ2n) is 7.66. The number of hydrogen-bond acceptors (Lipinski definition) is 5. The standard InChI is InChI=1S/C21H23NO5/c1-12-16-14(23)10-21(2,3)11-15(16)27-19(17(12)20(25)26-4)22-18(24)13-8-6-5-7-9-13/h5-9,12H,10-11H2,1-4H3,(H,22,24)/t12-/m0/s1. The van der Waals surface area contributed by atoms with Gasteiger partial charge >= 0.3 is 5.97 Å². The summed E-state index contributed by atoms with van der Waals surface area (Å²) in [5.74, 6) is -1.04. The fraction of sp³-hybridized carbons (Fsp3) is 0.381. The number of hydrogen-bond donors (Lipinski definition) is 1. The average Bonchev–Trinajstić information content (AvgIpc) is 2.60. The van der Waals surface area contributed by atoms with E-state index >= 15 is 0 Å². The Kier molecular flexibility index (Phi) is 4.91. The number of methoxy groups -OCH3 is 1. The molecule has 0 bridgehead atoms. The molecule has 1 aromatic rings. The molecule has 1 atom stereocenters. The number of ketones is 1. The Hall–Kier alpha value is -2.89. The smallest absolute Gasteiger partial charge is 0.339 e. The van der Waals surface area contributed by atoms with Crippen molar-refractivity contribution < 1.29 is 23.9 Å². The largest absolute Gasteiger partial charge is 0.465 e. The molecule has 2 aliphatic rings. The normalized spacial score (nSPS) is 21.3. The monoisotopic (exact) mass is 369 g/mol. The van der Waals surface area contributed by atoms with Crippen LogP contribution in [0.2, 0.25) is 0 Å². The molecule has 0 aromatic heterocycles. The first-order valence-corrected chi connectivity index (χ1v) is 8.86. The Bertz CT molecular complexity index is 864. The quantitative estimate of drug-likeness (QED) is 0.828. The van der Waals surface area contributed by atoms with Gasteiger partial charge in [-0.15, -0.1) is 0 Å². The molecule has 0 radical (unpaired) electrons. The van der Waals surface area contributed by atoms with Crippen LogP contribution in [0.15, 0.2) is 53.1 Å². The van der Waals surface area contributed by atoms with Crippen molar-refractivity contribution in [3.05, 3.63) is 58.7 Å². The van der Waals surface area contributed by atoms with Crippen molar-refractivity contribution in [2.45, 2.75) is 33.6 Å². The Morgan fingerprint density at radius 1 is 1.19 bits per heavy atom. The van der Waals surface area contributed by atoms with Gasteiger partial charge in [0.1, 0.15) is 11.3 Å². The van der Waals surface area contributed by atoms with E-state index < -0.39 is 17.8 Å². The van der Waals surface area contributed by atoms with E-state index in [2.05, 4.69) is 5.32 Å². The summed E-state index contributed by atoms with van der Waals surface area (Å²) in [5, 5.41) is 2.68. The van der Waals surface area contributed by atoms with Gasteiger partial charge in [-0.25, -0.2) is 4.79 Å². The van der Waals surface area contributed by atoms with Crippen molar-refractivity contribution in [3.8, 4) is 0 Å². The zero-order valence-electron chi connectivity index (χ0n) is 15.9. The predicted molar refractivity (Wildman–Crippen MR) is 98.2 cm³/mol. The Labute approximate surface area is 158 Å². The van der Waals surface area contributed by atoms with Crippen LogP contribution in [0.25, 0.3) is 0 Å². The zero-order chi connectivity index (χ0) is 19.8. The second-order valence-corrected chi connectivity index (χ2v) is 7.66. The molecule has 27 heavy (non-hydrogen) atoms. The van der Waals surface area contributed by atoms with Crippen molar-refractivity contribution in [1.29, 1.82) is 0 Å². The van der Waals surface area contributed by atoms with Gasteiger partial charge in [-0.2, -0.15) is 0 Å². The molecular formula is C21H23NO5. The minimum absolute atomic E-state index is 0.0347. The number of allylic oxidation sites excluding steroid dienone is 2. The number of amides is 1. The average molecular weight is 369 g/mol. The minimum atomic E-state index is -0.630. The highest BCUT2D eigenvalue weighted by atomic mass is 16.5. The third kappa shape index (κ3) is 3.65. The Balaban J connectivity index is 1.99. The van der Waals surface area contributed by atoms with Crippen LogP contribution in [-0.2, 0) is 19.1 Å². The number of Topliss-reactive ketones (excluding diaryl/α,β-unsaturated/α-hetero) is 1. The maximum absolute atomic E-state index is 12.7. The van der Waals surface area contributed by atoms with Gasteiger partial charge in [0.15, 0.2) is 5.78 Å². The molecule has 1 aliphatic heterocycles. The van der Waals surface area contributed by atoms with Gasteiger partial charge in [0, 0.05) is 29.9 Å². The van der Waals surface area contributed by atoms with E-state index in [9.17, 15) is 14.4 Å². The summed E-state index contributed by atoms with van der Waals surface area (Å²) >= 11 is 0. The van der Waals surface area contributed by atoms with E-state index in [1.54, 1.807) is 31.2 Å². The lowest BCUT2D eigenvalue weighted by atomic mass is 9.72. The summed E-state index contributed by atoms with van der Waals surface area (Å²) in [6, 6.07) is 8.63. The van der Waals surface area contributed by atoms with E-state index in [-0.39, 0.29) is 22.7 Å². The fourth-order valence-corrected chi connectivity index (χ4v) is 3.61. The highest BCUT2D eigenvalue weighted by Crippen LogP contribution is 2.44. The van der Waals surface area contributed by atoms with E-state index in [0.717, 1.165) is 0 Å². The fourth-order valence-electron chi connectivity index (χ4n) is 3.61. The first-order chi connectivity index (χ1) is 12.7. The number of nitrogens with one attached hydrogen (secondary N) is 1. The van der Waals surface area contributed by atoms with Crippen molar-refractivity contribution in [3.63, 3.8) is 0 Å². The molecule has 0 fully saturated rings. The van der Waals surface area contributed by atoms with Gasteiger partial charge in [-0.1, -0.05) is 39.0 Å². The molecule has 0 spiro atoms. The lowest BCUT2D eigenvalue weighted by molar-refractivity contribution is -0.137. The summed E-state index contributed by atoms with van der Waals surface area (Å²) in [6.45, 7) is 5.74. The van der Waals surface area contributed by atoms with Gasteiger partial charge < -0.3 is 9.47 Å². The molecule has 1 aliphatic carbocycles. The molecule has 142 valence electrons. The molecule has 1 aromatic carbocycles. The number of esters is 1. The Morgan fingerprint density at radius 3 is 2.48 bits per heavy atom. The second kappa shape index (κ2) is 7.02. The number of rotatable bonds is 3. The highest BCUT2D eigenvalue weighted by molar-refractivity contribution is 6.02. The number of ether oxygens (including phenoxy) is 2. The molecule has 1 heterocycles. The van der Waals surface area contributed by atoms with Crippen molar-refractivity contribution in [1.82, 2.24) is 5.32 Å². The first kappa shape index (κ1) is 18.9. The van der Waals surface area contributed by atoms with Crippen molar-refractivity contribution in [2.24, 2.45) is 11.3 Å². The van der Waals surface area contributed by atoms with E-state index in [4.69, 9.17) is 9.47 Å². The molecule has 1 N–H and O–H groups in total. The van der Waals surface area contributed by atoms with Crippen LogP contribution in [0.5, 0.6) is 0 Å². The topological polar surface area (TPSA) is 81.7 Å². The molecule has 0 unspecified atom stereocenters. The summed E-state index contributed by atoms with van der Waals surface area (Å²) in [6.07, 6.45) is 0.942. The third-order valence-corrected chi connectivity index (χ3v) is 4.88. The van der Waals surface area contributed by atoms with Gasteiger partial charge in [-0.05, 0) is 17.5 Å².